The number of halogens is 2. The number of aromatic nitrogens is 4. The highest BCUT2D eigenvalue weighted by Crippen LogP contribution is 2.47. The molecule has 4 aromatic heterocycles. The van der Waals surface area contributed by atoms with E-state index in [2.05, 4.69) is 11.6 Å². The van der Waals surface area contributed by atoms with Crippen LogP contribution in [0.3, 0.4) is 0 Å². The van der Waals surface area contributed by atoms with Crippen LogP contribution in [0.5, 0.6) is 5.75 Å². The second kappa shape index (κ2) is 12.4. The van der Waals surface area contributed by atoms with Gasteiger partial charge in [0.15, 0.2) is 0 Å². The first kappa shape index (κ1) is 30.4. The van der Waals surface area contributed by atoms with Crippen LogP contribution in [0.2, 0.25) is 0 Å². The van der Waals surface area contributed by atoms with Gasteiger partial charge in [-0.25, -0.2) is 18.7 Å². The Kier molecular flexibility index (Phi) is 8.34. The fourth-order valence-electron chi connectivity index (χ4n) is 5.63. The summed E-state index contributed by atoms with van der Waals surface area (Å²) in [6, 6.07) is 9.41. The fraction of sp³-hybridized carbons (Fsp3) is 0.273. The third-order valence-corrected chi connectivity index (χ3v) is 8.79. The van der Waals surface area contributed by atoms with Gasteiger partial charge in [-0.05, 0) is 42.6 Å². The van der Waals surface area contributed by atoms with E-state index in [1.54, 1.807) is 11.1 Å². The molecule has 1 aromatic carbocycles. The van der Waals surface area contributed by atoms with Crippen molar-refractivity contribution in [3.05, 3.63) is 78.0 Å². The van der Waals surface area contributed by atoms with E-state index in [-0.39, 0.29) is 36.5 Å². The molecule has 0 aliphatic carbocycles. The zero-order valence-corrected chi connectivity index (χ0v) is 26.2. The molecule has 0 bridgehead atoms. The minimum Gasteiger partial charge on any atom is -0.490 e. The lowest BCUT2D eigenvalue weighted by molar-refractivity contribution is -0.129. The fourth-order valence-corrected chi connectivity index (χ4v) is 6.58. The summed E-state index contributed by atoms with van der Waals surface area (Å²) in [6.45, 7) is 6.82. The molecule has 1 atom stereocenters. The van der Waals surface area contributed by atoms with Crippen molar-refractivity contribution in [2.45, 2.75) is 19.5 Å². The van der Waals surface area contributed by atoms with Gasteiger partial charge in [-0.1, -0.05) is 6.58 Å². The topological polar surface area (TPSA) is 85.6 Å². The quantitative estimate of drug-likeness (QED) is 0.139. The van der Waals surface area contributed by atoms with Crippen molar-refractivity contribution in [1.29, 1.82) is 0 Å². The first-order valence-corrected chi connectivity index (χ1v) is 15.3. The van der Waals surface area contributed by atoms with Crippen LogP contribution < -0.4 is 9.64 Å². The maximum absolute atomic E-state index is 16.0. The molecule has 232 valence electrons. The molecule has 1 aliphatic heterocycles. The van der Waals surface area contributed by atoms with Crippen LogP contribution in [-0.4, -0.2) is 71.5 Å². The lowest BCUT2D eigenvalue weighted by atomic mass is 9.96. The number of pyridine rings is 2. The molecule has 5 heterocycles. The van der Waals surface area contributed by atoms with Crippen LogP contribution in [0.4, 0.5) is 14.6 Å². The number of hydrogen-bond donors (Lipinski definition) is 0. The summed E-state index contributed by atoms with van der Waals surface area (Å²) in [5, 5.41) is 7.60. The molecular formula is C33H32F2N6O3S. The molecule has 0 radical (unpaired) electrons. The molecule has 45 heavy (non-hydrogen) atoms. The number of amides is 1. The Bertz CT molecular complexity index is 1900. The summed E-state index contributed by atoms with van der Waals surface area (Å²) < 4.78 is 44.2. The van der Waals surface area contributed by atoms with Gasteiger partial charge < -0.3 is 19.3 Å². The van der Waals surface area contributed by atoms with Gasteiger partial charge in [-0.15, -0.1) is 11.3 Å². The largest absolute Gasteiger partial charge is 0.490 e. The number of anilines is 1. The van der Waals surface area contributed by atoms with Gasteiger partial charge in [-0.3, -0.25) is 9.48 Å². The summed E-state index contributed by atoms with van der Waals surface area (Å²) in [7, 11) is 5.36. The van der Waals surface area contributed by atoms with E-state index in [4.69, 9.17) is 19.6 Å². The van der Waals surface area contributed by atoms with Crippen LogP contribution in [0.25, 0.3) is 43.9 Å². The SMILES string of the molecule is C=CC(=O)N1CCn2nc(-c3nc(-c4ccc(N(C)C)nc4)c4ccsc4c3-c3c(F)cc(F)cc3OCCOC)cc2[C@@H]1C. The number of benzene rings is 1. The Morgan fingerprint density at radius 3 is 2.67 bits per heavy atom. The second-order valence-electron chi connectivity index (χ2n) is 10.8. The molecule has 0 fully saturated rings. The molecule has 0 spiro atoms. The average Bonchev–Trinajstić information content (AvgIpc) is 3.69. The summed E-state index contributed by atoms with van der Waals surface area (Å²) >= 11 is 1.42. The highest BCUT2D eigenvalue weighted by Gasteiger charge is 2.31. The molecule has 6 rings (SSSR count). The van der Waals surface area contributed by atoms with E-state index >= 15 is 4.39 Å². The summed E-state index contributed by atoms with van der Waals surface area (Å²) in [6.07, 6.45) is 3.06. The monoisotopic (exact) mass is 630 g/mol. The molecule has 0 N–H and O–H groups in total. The summed E-state index contributed by atoms with van der Waals surface area (Å²) in [5.74, 6) is -0.894. The van der Waals surface area contributed by atoms with Gasteiger partial charge in [0.2, 0.25) is 5.91 Å². The standard InChI is InChI=1S/C33H32F2N6O3S/c1-6-28(42)40-10-11-41-25(19(40)2)17-24(38-41)32-30(29-23(35)15-21(34)16-26(29)44-13-12-43-5)33-22(9-14-45-33)31(37-32)20-7-8-27(36-18-20)39(3)4/h6-9,14-19H,1,10-13H2,2-5H3/t19-/m0/s1. The van der Waals surface area contributed by atoms with Crippen LogP contribution in [0, 0.1) is 11.6 Å². The summed E-state index contributed by atoms with van der Waals surface area (Å²) in [5.41, 5.74) is 3.63. The maximum Gasteiger partial charge on any atom is 0.246 e. The predicted octanol–water partition coefficient (Wildman–Crippen LogP) is 6.35. The molecule has 0 unspecified atom stereocenters. The molecule has 1 amide bonds. The molecule has 9 nitrogen and oxygen atoms in total. The van der Waals surface area contributed by atoms with Crippen molar-refractivity contribution in [1.82, 2.24) is 24.6 Å². The van der Waals surface area contributed by atoms with Crippen molar-refractivity contribution in [2.24, 2.45) is 0 Å². The van der Waals surface area contributed by atoms with Crippen molar-refractivity contribution in [3.8, 4) is 39.5 Å². The number of fused-ring (bicyclic) bond motifs is 2. The van der Waals surface area contributed by atoms with Gasteiger partial charge in [-0.2, -0.15) is 5.10 Å². The number of carbonyl (C=O) groups excluding carboxylic acids is 1. The van der Waals surface area contributed by atoms with Crippen molar-refractivity contribution >= 4 is 33.1 Å². The first-order chi connectivity index (χ1) is 21.7. The van der Waals surface area contributed by atoms with Gasteiger partial charge in [0.1, 0.15) is 41.2 Å². The Hall–Kier alpha value is -4.68. The number of rotatable bonds is 9. The van der Waals surface area contributed by atoms with Gasteiger partial charge >= 0.3 is 0 Å². The Labute approximate surface area is 263 Å². The van der Waals surface area contributed by atoms with Crippen molar-refractivity contribution < 1.29 is 23.0 Å². The predicted molar refractivity (Wildman–Crippen MR) is 171 cm³/mol. The number of carbonyl (C=O) groups is 1. The van der Waals surface area contributed by atoms with E-state index in [0.717, 1.165) is 33.2 Å². The Morgan fingerprint density at radius 2 is 1.96 bits per heavy atom. The number of hydrogen-bond acceptors (Lipinski definition) is 8. The Balaban J connectivity index is 1.62. The zero-order chi connectivity index (χ0) is 31.8. The number of methoxy groups -OCH3 is 1. The van der Waals surface area contributed by atoms with Crippen LogP contribution in [-0.2, 0) is 16.1 Å². The van der Waals surface area contributed by atoms with E-state index in [0.29, 0.717) is 35.7 Å². The van der Waals surface area contributed by atoms with E-state index in [1.807, 2.05) is 60.2 Å². The smallest absolute Gasteiger partial charge is 0.246 e. The highest BCUT2D eigenvalue weighted by molar-refractivity contribution is 7.18. The normalized spacial score (nSPS) is 14.4. The Morgan fingerprint density at radius 1 is 1.13 bits per heavy atom. The lowest BCUT2D eigenvalue weighted by Gasteiger charge is -2.33. The van der Waals surface area contributed by atoms with Gasteiger partial charge in [0.25, 0.3) is 0 Å². The van der Waals surface area contributed by atoms with E-state index < -0.39 is 11.6 Å². The highest BCUT2D eigenvalue weighted by atomic mass is 32.1. The number of nitrogens with zero attached hydrogens (tertiary/aromatic N) is 6. The third-order valence-electron chi connectivity index (χ3n) is 7.86. The maximum atomic E-state index is 16.0. The molecule has 1 aliphatic rings. The van der Waals surface area contributed by atoms with Crippen molar-refractivity contribution in [3.63, 3.8) is 0 Å². The molecule has 5 aromatic rings. The zero-order valence-electron chi connectivity index (χ0n) is 25.4. The molecular weight excluding hydrogens is 598 g/mol. The molecule has 0 saturated heterocycles. The lowest BCUT2D eigenvalue weighted by Crippen LogP contribution is -2.40. The first-order valence-electron chi connectivity index (χ1n) is 14.4. The molecule has 0 saturated carbocycles. The van der Waals surface area contributed by atoms with Crippen LogP contribution >= 0.6 is 11.3 Å². The van der Waals surface area contributed by atoms with E-state index in [9.17, 15) is 9.18 Å². The van der Waals surface area contributed by atoms with Gasteiger partial charge in [0, 0.05) is 67.3 Å². The van der Waals surface area contributed by atoms with E-state index in [1.165, 1.54) is 30.6 Å². The average molecular weight is 631 g/mol. The summed E-state index contributed by atoms with van der Waals surface area (Å²) in [4.78, 5) is 25.9. The molecule has 12 heteroatoms. The third kappa shape index (κ3) is 5.55. The number of thiophene rings is 1. The minimum atomic E-state index is -0.787. The van der Waals surface area contributed by atoms with Crippen molar-refractivity contribution in [2.75, 3.05) is 45.9 Å². The van der Waals surface area contributed by atoms with Crippen LogP contribution in [0.1, 0.15) is 18.7 Å². The minimum absolute atomic E-state index is 0.0344. The van der Waals surface area contributed by atoms with Crippen LogP contribution in [0.15, 0.2) is 60.6 Å². The number of ether oxygens (including phenoxy) is 2. The van der Waals surface area contributed by atoms with Gasteiger partial charge in [0.05, 0.1) is 36.1 Å². The second-order valence-corrected chi connectivity index (χ2v) is 11.8.